The summed E-state index contributed by atoms with van der Waals surface area (Å²) in [6.07, 6.45) is 14.6. The Labute approximate surface area is 418 Å². The third-order valence-corrected chi connectivity index (χ3v) is 14.4. The first kappa shape index (κ1) is 58.4. The van der Waals surface area contributed by atoms with Crippen LogP contribution >= 0.6 is 0 Å². The summed E-state index contributed by atoms with van der Waals surface area (Å²) in [5, 5.41) is 26.3. The van der Waals surface area contributed by atoms with Gasteiger partial charge in [-0.25, -0.2) is 9.59 Å². The molecule has 70 heavy (non-hydrogen) atoms. The predicted molar refractivity (Wildman–Crippen MR) is 266 cm³/mol. The molecule has 0 aromatic rings. The average Bonchev–Trinajstić information content (AvgIpc) is 3.41. The average molecular weight is 990 g/mol. The van der Waals surface area contributed by atoms with Crippen molar-refractivity contribution >= 4 is 41.7 Å². The molecular weight excluding hydrogens is 899 g/mol. The number of aliphatic hydroxyl groups is 1. The molecule has 9 atom stereocenters. The van der Waals surface area contributed by atoms with E-state index < -0.39 is 83.8 Å². The second kappa shape index (κ2) is 27.6. The van der Waals surface area contributed by atoms with Gasteiger partial charge in [0.15, 0.2) is 0 Å². The minimum absolute atomic E-state index is 0.108. The molecule has 2 bridgehead atoms. The van der Waals surface area contributed by atoms with Gasteiger partial charge in [0.25, 0.3) is 0 Å². The number of carbonyl (C=O) groups excluding carboxylic acids is 7. The first-order valence-corrected chi connectivity index (χ1v) is 26.6. The van der Waals surface area contributed by atoms with Crippen LogP contribution in [0.15, 0.2) is 0 Å². The van der Waals surface area contributed by atoms with E-state index in [4.69, 9.17) is 14.2 Å². The summed E-state index contributed by atoms with van der Waals surface area (Å²) < 4.78 is 16.8. The molecule has 4 fully saturated rings. The lowest BCUT2D eigenvalue weighted by Gasteiger charge is -2.36. The van der Waals surface area contributed by atoms with Gasteiger partial charge in [-0.3, -0.25) is 24.0 Å². The Morgan fingerprint density at radius 2 is 1.27 bits per heavy atom. The molecule has 0 aromatic heterocycles. The maximum Gasteiger partial charge on any atom is 0.407 e. The Morgan fingerprint density at radius 1 is 0.686 bits per heavy atom. The second-order valence-corrected chi connectivity index (χ2v) is 23.1. The zero-order valence-corrected chi connectivity index (χ0v) is 44.3. The van der Waals surface area contributed by atoms with Gasteiger partial charge in [0, 0.05) is 25.0 Å². The quantitative estimate of drug-likeness (QED) is 0.0573. The zero-order chi connectivity index (χ0) is 51.8. The highest BCUT2D eigenvalue weighted by Gasteiger charge is 2.39. The van der Waals surface area contributed by atoms with E-state index in [1.54, 1.807) is 60.4 Å². The highest BCUT2D eigenvalue weighted by Crippen LogP contribution is 2.46. The van der Waals surface area contributed by atoms with Crippen molar-refractivity contribution in [2.24, 2.45) is 29.6 Å². The van der Waals surface area contributed by atoms with Crippen LogP contribution in [-0.2, 0) is 38.2 Å². The van der Waals surface area contributed by atoms with Crippen LogP contribution in [0.2, 0.25) is 0 Å². The SMILES string of the molecule is CCC[C@@H](C(=O)N[C@H](C(=O)N[C@@H](CNC(=O)OC(C)(C)C)C(=O)N[C@@H](COC1CC(NC(=O)OC(C)(C)C)C1)C(=O)N[C@H](C)CO)C1CCCCCC1)N(C)C(=O)[C@H](C)CCCC1C[C@H]2CC[C@@H](C1)C2. The van der Waals surface area contributed by atoms with Crippen molar-refractivity contribution in [3.05, 3.63) is 0 Å². The number of nitrogens with zero attached hydrogens (tertiary/aromatic N) is 1. The summed E-state index contributed by atoms with van der Waals surface area (Å²) in [4.78, 5) is 97.9. The number of carbonyl (C=O) groups is 7. The first-order valence-electron chi connectivity index (χ1n) is 26.6. The Kier molecular flexibility index (Phi) is 23.0. The fraction of sp³-hybridized carbons (Fsp3) is 0.865. The molecule has 7 N–H and O–H groups in total. The van der Waals surface area contributed by atoms with Crippen molar-refractivity contribution in [2.75, 3.05) is 26.8 Å². The number of likely N-dealkylation sites (N-methyl/N-ethyl adjacent to an activating group) is 1. The minimum Gasteiger partial charge on any atom is -0.444 e. The van der Waals surface area contributed by atoms with Crippen LogP contribution in [0.1, 0.15) is 178 Å². The number of alkyl carbamates (subject to hydrolysis) is 2. The van der Waals surface area contributed by atoms with Crippen LogP contribution in [0, 0.1) is 29.6 Å². The zero-order valence-electron chi connectivity index (χ0n) is 44.3. The summed E-state index contributed by atoms with van der Waals surface area (Å²) in [6.45, 7) is 14.7. The molecule has 0 radical (unpaired) electrons. The lowest BCUT2D eigenvalue weighted by molar-refractivity contribution is -0.143. The lowest BCUT2D eigenvalue weighted by atomic mass is 9.78. The van der Waals surface area contributed by atoms with Gasteiger partial charge < -0.3 is 56.1 Å². The van der Waals surface area contributed by atoms with Crippen molar-refractivity contribution in [2.45, 2.75) is 231 Å². The largest absolute Gasteiger partial charge is 0.444 e. The molecule has 4 aliphatic carbocycles. The minimum atomic E-state index is -1.46. The number of aliphatic hydroxyl groups excluding tert-OH is 1. The van der Waals surface area contributed by atoms with Gasteiger partial charge in [-0.1, -0.05) is 71.6 Å². The molecule has 7 amide bonds. The third kappa shape index (κ3) is 19.8. The molecule has 0 heterocycles. The monoisotopic (exact) mass is 990 g/mol. The molecule has 4 aliphatic rings. The predicted octanol–water partition coefficient (Wildman–Crippen LogP) is 5.77. The summed E-state index contributed by atoms with van der Waals surface area (Å²) in [5.41, 5.74) is -1.54. The van der Waals surface area contributed by atoms with Crippen molar-refractivity contribution < 1.29 is 52.9 Å². The Bertz CT molecular complexity index is 1710. The van der Waals surface area contributed by atoms with Gasteiger partial charge in [0.2, 0.25) is 29.5 Å². The Morgan fingerprint density at radius 3 is 1.86 bits per heavy atom. The molecule has 4 saturated carbocycles. The lowest BCUT2D eigenvalue weighted by Crippen LogP contribution is -2.62. The molecular formula is C52H91N7O11. The molecule has 400 valence electrons. The van der Waals surface area contributed by atoms with E-state index in [1.807, 2.05) is 13.8 Å². The summed E-state index contributed by atoms with van der Waals surface area (Å²) >= 11 is 0. The molecule has 0 spiro atoms. The van der Waals surface area contributed by atoms with E-state index in [1.165, 1.54) is 32.1 Å². The number of fused-ring (bicyclic) bond motifs is 2. The number of hydrogen-bond donors (Lipinski definition) is 7. The maximum atomic E-state index is 14.7. The number of hydrogen-bond acceptors (Lipinski definition) is 11. The molecule has 0 saturated heterocycles. The Hall–Kier alpha value is -4.19. The van der Waals surface area contributed by atoms with Gasteiger partial charge >= 0.3 is 12.2 Å². The standard InChI is InChI=1S/C52H91N7O11/c1-11-17-42(59(10)48(65)32(2)18-16-19-34-24-35-22-23-36(25-34)26-35)46(63)58-43(37-20-14-12-13-15-21-37)47(64)56-40(29-53-49(66)69-51(4,5)6)44(61)57-41(45(62)54-33(3)30-60)31-68-39-27-38(28-39)55-50(67)70-52(7,8)9/h32-43,60H,11-31H2,1-10H3,(H,53,66)(H,54,62)(H,55,67)(H,56,64)(H,57,61)(H,58,63)/t32-,33-,34?,35-,36+,38?,39?,40+,41+,42+,43+/m1/s1. The molecule has 0 aliphatic heterocycles. The van der Waals surface area contributed by atoms with Crippen molar-refractivity contribution in [3.63, 3.8) is 0 Å². The number of amides is 7. The van der Waals surface area contributed by atoms with Crippen molar-refractivity contribution in [3.8, 4) is 0 Å². The third-order valence-electron chi connectivity index (χ3n) is 14.4. The highest BCUT2D eigenvalue weighted by molar-refractivity contribution is 5.96. The molecule has 4 rings (SSSR count). The van der Waals surface area contributed by atoms with Gasteiger partial charge in [0.1, 0.15) is 35.4 Å². The first-order chi connectivity index (χ1) is 32.9. The van der Waals surface area contributed by atoms with Crippen LogP contribution in [0.3, 0.4) is 0 Å². The van der Waals surface area contributed by atoms with Gasteiger partial charge in [-0.2, -0.15) is 0 Å². The maximum absolute atomic E-state index is 14.7. The van der Waals surface area contributed by atoms with Crippen LogP contribution in [0.25, 0.3) is 0 Å². The molecule has 1 unspecified atom stereocenters. The van der Waals surface area contributed by atoms with Gasteiger partial charge in [0.05, 0.1) is 25.9 Å². The molecule has 18 nitrogen and oxygen atoms in total. The van der Waals surface area contributed by atoms with E-state index in [0.29, 0.717) is 38.5 Å². The number of rotatable bonds is 24. The fourth-order valence-electron chi connectivity index (χ4n) is 10.6. The summed E-state index contributed by atoms with van der Waals surface area (Å²) in [5.74, 6) is -0.783. The smallest absolute Gasteiger partial charge is 0.407 e. The van der Waals surface area contributed by atoms with Crippen LogP contribution in [0.5, 0.6) is 0 Å². The normalized spacial score (nSPS) is 24.1. The Balaban J connectivity index is 1.49. The summed E-state index contributed by atoms with van der Waals surface area (Å²) in [7, 11) is 1.67. The van der Waals surface area contributed by atoms with Gasteiger partial charge in [-0.15, -0.1) is 0 Å². The van der Waals surface area contributed by atoms with Crippen LogP contribution in [0.4, 0.5) is 9.59 Å². The number of nitrogens with one attached hydrogen (secondary N) is 6. The van der Waals surface area contributed by atoms with E-state index in [2.05, 4.69) is 31.9 Å². The van der Waals surface area contributed by atoms with Crippen LogP contribution in [-0.4, -0.2) is 132 Å². The molecule has 0 aromatic carbocycles. The summed E-state index contributed by atoms with van der Waals surface area (Å²) in [6, 6.07) is -5.55. The van der Waals surface area contributed by atoms with Crippen molar-refractivity contribution in [1.82, 2.24) is 36.8 Å². The van der Waals surface area contributed by atoms with Crippen LogP contribution < -0.4 is 31.9 Å². The van der Waals surface area contributed by atoms with E-state index in [0.717, 1.165) is 62.7 Å². The van der Waals surface area contributed by atoms with Crippen molar-refractivity contribution in [1.29, 1.82) is 0 Å². The second-order valence-electron chi connectivity index (χ2n) is 23.1. The fourth-order valence-corrected chi connectivity index (χ4v) is 10.6. The highest BCUT2D eigenvalue weighted by atomic mass is 16.6. The number of ether oxygens (including phenoxy) is 3. The van der Waals surface area contributed by atoms with E-state index >= 15 is 0 Å². The molecule has 18 heteroatoms. The van der Waals surface area contributed by atoms with E-state index in [9.17, 15) is 38.7 Å². The van der Waals surface area contributed by atoms with Gasteiger partial charge in [-0.05, 0) is 130 Å². The topological polar surface area (TPSA) is 243 Å². The van der Waals surface area contributed by atoms with E-state index in [-0.39, 0.29) is 43.1 Å².